The number of carbonyl (C=O) groups excluding carboxylic acids is 1. The van der Waals surface area contributed by atoms with Crippen LogP contribution in [0.15, 0.2) is 41.5 Å². The van der Waals surface area contributed by atoms with Crippen molar-refractivity contribution in [1.29, 1.82) is 0 Å². The number of amides is 1. The maximum atomic E-state index is 12.3. The van der Waals surface area contributed by atoms with Gasteiger partial charge in [0.05, 0.1) is 44.1 Å². The molecular weight excluding hydrogens is 360 g/mol. The number of aryl methyl sites for hydroxylation is 1. The van der Waals surface area contributed by atoms with Crippen molar-refractivity contribution in [3.8, 4) is 17.2 Å². The van der Waals surface area contributed by atoms with Crippen LogP contribution in [0.25, 0.3) is 11.0 Å². The Morgan fingerprint density at radius 2 is 1.82 bits per heavy atom. The summed E-state index contributed by atoms with van der Waals surface area (Å²) < 4.78 is 17.8. The van der Waals surface area contributed by atoms with Crippen molar-refractivity contribution in [3.63, 3.8) is 0 Å². The Morgan fingerprint density at radius 3 is 2.46 bits per heavy atom. The molecule has 0 aliphatic heterocycles. The van der Waals surface area contributed by atoms with Crippen LogP contribution in [-0.2, 0) is 11.3 Å². The molecule has 146 valence electrons. The molecule has 3 aromatic rings. The minimum Gasteiger partial charge on any atom is -0.496 e. The predicted octanol–water partition coefficient (Wildman–Crippen LogP) is 2.52. The van der Waals surface area contributed by atoms with E-state index in [9.17, 15) is 4.79 Å². The minimum atomic E-state index is -0.269. The van der Waals surface area contributed by atoms with Crippen LogP contribution in [0.1, 0.15) is 11.4 Å². The number of rotatable bonds is 7. The largest absolute Gasteiger partial charge is 0.496 e. The minimum absolute atomic E-state index is 0.112. The summed E-state index contributed by atoms with van der Waals surface area (Å²) in [7, 11) is 4.64. The third kappa shape index (κ3) is 3.90. The number of hydrogen-bond donors (Lipinski definition) is 1. The van der Waals surface area contributed by atoms with Gasteiger partial charge in [-0.25, -0.2) is 10.4 Å². The molecule has 1 amide bonds. The van der Waals surface area contributed by atoms with Crippen LogP contribution in [0.2, 0.25) is 0 Å². The van der Waals surface area contributed by atoms with E-state index in [2.05, 4.69) is 15.5 Å². The molecule has 8 nitrogen and oxygen atoms in total. The molecule has 0 spiro atoms. The van der Waals surface area contributed by atoms with E-state index in [1.165, 1.54) is 20.4 Å². The first-order chi connectivity index (χ1) is 13.6. The van der Waals surface area contributed by atoms with Crippen LogP contribution < -0.4 is 19.6 Å². The molecule has 0 bridgehead atoms. The van der Waals surface area contributed by atoms with Crippen molar-refractivity contribution in [2.75, 3.05) is 21.3 Å². The molecule has 0 fully saturated rings. The Balaban J connectivity index is 1.76. The zero-order chi connectivity index (χ0) is 20.1. The molecule has 1 aromatic heterocycles. The van der Waals surface area contributed by atoms with E-state index in [-0.39, 0.29) is 12.5 Å². The maximum absolute atomic E-state index is 12.3. The second-order valence-corrected chi connectivity index (χ2v) is 5.97. The molecule has 3 rings (SSSR count). The summed E-state index contributed by atoms with van der Waals surface area (Å²) >= 11 is 0. The number of nitrogens with one attached hydrogen (secondary N) is 1. The lowest BCUT2D eigenvalue weighted by atomic mass is 10.2. The Kier molecular flexibility index (Phi) is 5.78. The van der Waals surface area contributed by atoms with E-state index < -0.39 is 0 Å². The number of fused-ring (bicyclic) bond motifs is 1. The number of hydrogen-bond acceptors (Lipinski definition) is 6. The van der Waals surface area contributed by atoms with Crippen molar-refractivity contribution in [1.82, 2.24) is 15.0 Å². The van der Waals surface area contributed by atoms with Crippen LogP contribution >= 0.6 is 0 Å². The van der Waals surface area contributed by atoms with E-state index in [0.29, 0.717) is 22.8 Å². The summed E-state index contributed by atoms with van der Waals surface area (Å²) in [5.74, 6) is 2.13. The number of imidazole rings is 1. The highest BCUT2D eigenvalue weighted by Gasteiger charge is 2.13. The molecular formula is C20H22N4O4. The van der Waals surface area contributed by atoms with E-state index >= 15 is 0 Å². The fraction of sp³-hybridized carbons (Fsp3) is 0.250. The highest BCUT2D eigenvalue weighted by atomic mass is 16.5. The normalized spacial score (nSPS) is 11.0. The SMILES string of the molecule is COc1cc(OC)c(/C=N/NC(=O)Cn2c(C)nc3ccccc32)c(OC)c1. The molecule has 0 atom stereocenters. The summed E-state index contributed by atoms with van der Waals surface area (Å²) in [6, 6.07) is 11.1. The van der Waals surface area contributed by atoms with Crippen molar-refractivity contribution < 1.29 is 19.0 Å². The lowest BCUT2D eigenvalue weighted by Gasteiger charge is -2.12. The first kappa shape index (κ1) is 19.2. The number of ether oxygens (including phenoxy) is 3. The van der Waals surface area contributed by atoms with Crippen LogP contribution in [0, 0.1) is 6.92 Å². The first-order valence-corrected chi connectivity index (χ1v) is 8.61. The van der Waals surface area contributed by atoms with Gasteiger partial charge in [-0.2, -0.15) is 5.10 Å². The van der Waals surface area contributed by atoms with Gasteiger partial charge in [0.2, 0.25) is 0 Å². The second-order valence-electron chi connectivity index (χ2n) is 5.97. The average Bonchev–Trinajstić information content (AvgIpc) is 3.02. The van der Waals surface area contributed by atoms with Gasteiger partial charge in [-0.1, -0.05) is 12.1 Å². The number of methoxy groups -OCH3 is 3. The fourth-order valence-electron chi connectivity index (χ4n) is 2.90. The standard InChI is InChI=1S/C20H22N4O4/c1-13-22-16-7-5-6-8-17(16)24(13)12-20(25)23-21-11-15-18(27-3)9-14(26-2)10-19(15)28-4/h5-11H,12H2,1-4H3,(H,23,25)/b21-11+. The van der Waals surface area contributed by atoms with Crippen molar-refractivity contribution in [2.24, 2.45) is 5.10 Å². The maximum Gasteiger partial charge on any atom is 0.260 e. The van der Waals surface area contributed by atoms with E-state index in [0.717, 1.165) is 16.9 Å². The van der Waals surface area contributed by atoms with Gasteiger partial charge in [0.1, 0.15) is 29.6 Å². The van der Waals surface area contributed by atoms with Gasteiger partial charge in [0.25, 0.3) is 5.91 Å². The van der Waals surface area contributed by atoms with Gasteiger partial charge in [-0.05, 0) is 19.1 Å². The monoisotopic (exact) mass is 382 g/mol. The fourth-order valence-corrected chi connectivity index (χ4v) is 2.90. The predicted molar refractivity (Wildman–Crippen MR) is 106 cm³/mol. The zero-order valence-corrected chi connectivity index (χ0v) is 16.2. The molecule has 0 unspecified atom stereocenters. The average molecular weight is 382 g/mol. The van der Waals surface area contributed by atoms with Gasteiger partial charge in [-0.15, -0.1) is 0 Å². The smallest absolute Gasteiger partial charge is 0.260 e. The van der Waals surface area contributed by atoms with Gasteiger partial charge in [0, 0.05) is 12.1 Å². The third-order valence-electron chi connectivity index (χ3n) is 4.28. The lowest BCUT2D eigenvalue weighted by molar-refractivity contribution is -0.121. The lowest BCUT2D eigenvalue weighted by Crippen LogP contribution is -2.23. The number of para-hydroxylation sites is 2. The van der Waals surface area contributed by atoms with E-state index in [1.54, 1.807) is 19.2 Å². The molecule has 1 heterocycles. The Morgan fingerprint density at radius 1 is 1.14 bits per heavy atom. The van der Waals surface area contributed by atoms with Crippen LogP contribution in [0.4, 0.5) is 0 Å². The summed E-state index contributed by atoms with van der Waals surface area (Å²) in [4.78, 5) is 16.8. The number of aromatic nitrogens is 2. The summed E-state index contributed by atoms with van der Waals surface area (Å²) in [6.07, 6.45) is 1.48. The summed E-state index contributed by atoms with van der Waals surface area (Å²) in [6.45, 7) is 1.98. The molecule has 28 heavy (non-hydrogen) atoms. The number of benzene rings is 2. The van der Waals surface area contributed by atoms with Gasteiger partial charge in [-0.3, -0.25) is 4.79 Å². The second kappa shape index (κ2) is 8.43. The van der Waals surface area contributed by atoms with Crippen LogP contribution in [0.5, 0.6) is 17.2 Å². The molecule has 0 saturated carbocycles. The zero-order valence-electron chi connectivity index (χ0n) is 16.2. The quantitative estimate of drug-likeness (QED) is 0.501. The molecule has 1 N–H and O–H groups in total. The molecule has 2 aromatic carbocycles. The summed E-state index contributed by atoms with van der Waals surface area (Å²) in [5.41, 5.74) is 4.88. The topological polar surface area (TPSA) is 87.0 Å². The Labute approximate surface area is 162 Å². The van der Waals surface area contributed by atoms with Gasteiger partial charge >= 0.3 is 0 Å². The van der Waals surface area contributed by atoms with Crippen LogP contribution in [-0.4, -0.2) is 43.0 Å². The molecule has 0 saturated heterocycles. The van der Waals surface area contributed by atoms with E-state index in [4.69, 9.17) is 14.2 Å². The van der Waals surface area contributed by atoms with Crippen LogP contribution in [0.3, 0.4) is 0 Å². The number of hydrazone groups is 1. The van der Waals surface area contributed by atoms with Crippen molar-refractivity contribution in [3.05, 3.63) is 47.8 Å². The highest BCUT2D eigenvalue weighted by molar-refractivity contribution is 5.89. The van der Waals surface area contributed by atoms with E-state index in [1.807, 2.05) is 35.8 Å². The highest BCUT2D eigenvalue weighted by Crippen LogP contribution is 2.32. The first-order valence-electron chi connectivity index (χ1n) is 8.61. The van der Waals surface area contributed by atoms with Gasteiger partial charge < -0.3 is 18.8 Å². The number of nitrogens with zero attached hydrogens (tertiary/aromatic N) is 3. The molecule has 8 heteroatoms. The van der Waals surface area contributed by atoms with Crippen molar-refractivity contribution >= 4 is 23.2 Å². The summed E-state index contributed by atoms with van der Waals surface area (Å²) in [5, 5.41) is 4.05. The number of carbonyl (C=O) groups is 1. The Hall–Kier alpha value is -3.55. The molecule has 0 aliphatic carbocycles. The van der Waals surface area contributed by atoms with Gasteiger partial charge in [0.15, 0.2) is 0 Å². The third-order valence-corrected chi connectivity index (χ3v) is 4.28. The molecule has 0 radical (unpaired) electrons. The van der Waals surface area contributed by atoms with Crippen molar-refractivity contribution in [2.45, 2.75) is 13.5 Å². The molecule has 0 aliphatic rings. The Bertz CT molecular complexity index is 1000.